The third-order valence-corrected chi connectivity index (χ3v) is 4.79. The van der Waals surface area contributed by atoms with Crippen LogP contribution in [0.2, 0.25) is 0 Å². The van der Waals surface area contributed by atoms with E-state index in [1.165, 1.54) is 5.56 Å². The fourth-order valence-corrected chi connectivity index (χ4v) is 3.51. The minimum Gasteiger partial charge on any atom is -0.464 e. The average molecular weight is 334 g/mol. The van der Waals surface area contributed by atoms with Gasteiger partial charge in [-0.3, -0.25) is 10.1 Å². The van der Waals surface area contributed by atoms with E-state index in [1.54, 1.807) is 6.20 Å². The molecule has 1 aliphatic heterocycles. The fraction of sp³-hybridized carbons (Fsp3) is 0.263. The minimum atomic E-state index is 0.424. The van der Waals surface area contributed by atoms with Gasteiger partial charge in [0.1, 0.15) is 11.1 Å². The number of benzene rings is 1. The van der Waals surface area contributed by atoms with Crippen molar-refractivity contribution in [1.29, 1.82) is 0 Å². The Labute approximate surface area is 144 Å². The van der Waals surface area contributed by atoms with Gasteiger partial charge in [0.25, 0.3) is 0 Å². The molecule has 1 unspecified atom stereocenters. The van der Waals surface area contributed by atoms with Crippen molar-refractivity contribution in [2.45, 2.75) is 18.8 Å². The molecule has 0 radical (unpaired) electrons. The predicted molar refractivity (Wildman–Crippen MR) is 96.2 cm³/mol. The summed E-state index contributed by atoms with van der Waals surface area (Å²) in [5.41, 5.74) is 4.77. The van der Waals surface area contributed by atoms with Gasteiger partial charge in [0.2, 0.25) is 0 Å². The van der Waals surface area contributed by atoms with Crippen LogP contribution in [0.5, 0.6) is 0 Å². The maximum absolute atomic E-state index is 5.81. The number of furan rings is 1. The van der Waals surface area contributed by atoms with Gasteiger partial charge in [0, 0.05) is 41.4 Å². The number of aromatic amines is 1. The molecule has 1 atom stereocenters. The SMILES string of the molecule is c1cnc2c(Nc3ccc4c(C5CCCOC5)coc4c3)n[nH]c2c1. The highest BCUT2D eigenvalue weighted by molar-refractivity contribution is 5.90. The lowest BCUT2D eigenvalue weighted by Gasteiger charge is -2.21. The molecular formula is C19H18N4O2. The van der Waals surface area contributed by atoms with E-state index in [0.717, 1.165) is 53.7 Å². The van der Waals surface area contributed by atoms with Crippen LogP contribution in [0.15, 0.2) is 47.2 Å². The summed E-state index contributed by atoms with van der Waals surface area (Å²) >= 11 is 0. The zero-order valence-corrected chi connectivity index (χ0v) is 13.7. The topological polar surface area (TPSA) is 76.0 Å². The molecule has 6 nitrogen and oxygen atoms in total. The van der Waals surface area contributed by atoms with Gasteiger partial charge in [-0.05, 0) is 37.1 Å². The molecule has 0 saturated carbocycles. The number of anilines is 2. The molecule has 0 aliphatic carbocycles. The first-order valence-corrected chi connectivity index (χ1v) is 8.53. The number of fused-ring (bicyclic) bond motifs is 2. The summed E-state index contributed by atoms with van der Waals surface area (Å²) in [4.78, 5) is 4.37. The van der Waals surface area contributed by atoms with Crippen LogP contribution in [0, 0.1) is 0 Å². The quantitative estimate of drug-likeness (QED) is 0.583. The molecule has 2 N–H and O–H groups in total. The maximum atomic E-state index is 5.81. The molecule has 5 rings (SSSR count). The van der Waals surface area contributed by atoms with Gasteiger partial charge in [0.05, 0.1) is 18.4 Å². The number of H-pyrrole nitrogens is 1. The lowest BCUT2D eigenvalue weighted by Crippen LogP contribution is -2.15. The number of nitrogens with zero attached hydrogens (tertiary/aromatic N) is 2. The van der Waals surface area contributed by atoms with E-state index in [-0.39, 0.29) is 0 Å². The first kappa shape index (κ1) is 14.5. The van der Waals surface area contributed by atoms with Crippen LogP contribution in [0.3, 0.4) is 0 Å². The number of rotatable bonds is 3. The molecule has 4 heterocycles. The molecule has 0 spiro atoms. The fourth-order valence-electron chi connectivity index (χ4n) is 3.51. The smallest absolute Gasteiger partial charge is 0.178 e. The number of hydrogen-bond acceptors (Lipinski definition) is 5. The second-order valence-corrected chi connectivity index (χ2v) is 6.41. The van der Waals surface area contributed by atoms with Crippen molar-refractivity contribution < 1.29 is 9.15 Å². The summed E-state index contributed by atoms with van der Waals surface area (Å²) in [6, 6.07) is 10.00. The summed E-state index contributed by atoms with van der Waals surface area (Å²) < 4.78 is 11.4. The van der Waals surface area contributed by atoms with Gasteiger partial charge >= 0.3 is 0 Å². The Morgan fingerprint density at radius 1 is 1.24 bits per heavy atom. The van der Waals surface area contributed by atoms with Crippen LogP contribution in [0.1, 0.15) is 24.3 Å². The van der Waals surface area contributed by atoms with E-state index in [1.807, 2.05) is 24.5 Å². The molecule has 1 fully saturated rings. The summed E-state index contributed by atoms with van der Waals surface area (Å²) in [7, 11) is 0. The van der Waals surface area contributed by atoms with E-state index < -0.39 is 0 Å². The predicted octanol–water partition coefficient (Wildman–Crippen LogP) is 4.34. The van der Waals surface area contributed by atoms with Crippen molar-refractivity contribution >= 4 is 33.5 Å². The number of pyridine rings is 1. The van der Waals surface area contributed by atoms with Crippen LogP contribution in [0.4, 0.5) is 11.5 Å². The van der Waals surface area contributed by atoms with Crippen LogP contribution < -0.4 is 5.32 Å². The highest BCUT2D eigenvalue weighted by atomic mass is 16.5. The Morgan fingerprint density at radius 2 is 2.24 bits per heavy atom. The second-order valence-electron chi connectivity index (χ2n) is 6.41. The van der Waals surface area contributed by atoms with E-state index >= 15 is 0 Å². The molecule has 0 amide bonds. The first-order valence-electron chi connectivity index (χ1n) is 8.53. The van der Waals surface area contributed by atoms with Crippen molar-refractivity contribution in [1.82, 2.24) is 15.2 Å². The molecule has 126 valence electrons. The highest BCUT2D eigenvalue weighted by Gasteiger charge is 2.20. The van der Waals surface area contributed by atoms with Gasteiger partial charge in [-0.1, -0.05) is 0 Å². The summed E-state index contributed by atoms with van der Waals surface area (Å²) in [6.45, 7) is 1.64. The van der Waals surface area contributed by atoms with E-state index in [0.29, 0.717) is 11.7 Å². The Balaban J connectivity index is 1.47. The number of aromatic nitrogens is 3. The van der Waals surface area contributed by atoms with Crippen LogP contribution >= 0.6 is 0 Å². The van der Waals surface area contributed by atoms with Gasteiger partial charge in [-0.25, -0.2) is 0 Å². The van der Waals surface area contributed by atoms with Crippen LogP contribution in [-0.2, 0) is 4.74 Å². The molecule has 0 bridgehead atoms. The standard InChI is InChI=1S/C19H18N4O2/c1-4-16-18(20-7-1)19(23-22-16)21-13-5-6-14-15(11-25-17(14)9-13)12-3-2-8-24-10-12/h1,4-7,9,11-12H,2-3,8,10H2,(H2,21,22,23). The summed E-state index contributed by atoms with van der Waals surface area (Å²) in [5.74, 6) is 1.13. The third kappa shape index (κ3) is 2.55. The Hall–Kier alpha value is -2.86. The zero-order valence-electron chi connectivity index (χ0n) is 13.7. The average Bonchev–Trinajstić information content (AvgIpc) is 3.27. The molecule has 1 saturated heterocycles. The van der Waals surface area contributed by atoms with E-state index in [2.05, 4.69) is 32.6 Å². The van der Waals surface area contributed by atoms with Crippen molar-refractivity contribution in [3.63, 3.8) is 0 Å². The van der Waals surface area contributed by atoms with Crippen molar-refractivity contribution in [3.05, 3.63) is 48.4 Å². The summed E-state index contributed by atoms with van der Waals surface area (Å²) in [6.07, 6.45) is 5.90. The van der Waals surface area contributed by atoms with Crippen LogP contribution in [0.25, 0.3) is 22.0 Å². The number of ether oxygens (including phenoxy) is 1. The van der Waals surface area contributed by atoms with Crippen molar-refractivity contribution in [3.8, 4) is 0 Å². The lowest BCUT2D eigenvalue weighted by atomic mass is 9.93. The number of nitrogens with one attached hydrogen (secondary N) is 2. The normalized spacial score (nSPS) is 18.0. The van der Waals surface area contributed by atoms with E-state index in [9.17, 15) is 0 Å². The van der Waals surface area contributed by atoms with Gasteiger partial charge < -0.3 is 14.5 Å². The zero-order chi connectivity index (χ0) is 16.6. The molecule has 6 heteroatoms. The minimum absolute atomic E-state index is 0.424. The Kier molecular flexibility index (Phi) is 3.41. The molecule has 4 aromatic rings. The monoisotopic (exact) mass is 334 g/mol. The largest absolute Gasteiger partial charge is 0.464 e. The maximum Gasteiger partial charge on any atom is 0.178 e. The first-order chi connectivity index (χ1) is 12.4. The second kappa shape index (κ2) is 5.89. The van der Waals surface area contributed by atoms with E-state index in [4.69, 9.17) is 9.15 Å². The van der Waals surface area contributed by atoms with Gasteiger partial charge in [-0.15, -0.1) is 0 Å². The van der Waals surface area contributed by atoms with Crippen molar-refractivity contribution in [2.24, 2.45) is 0 Å². The van der Waals surface area contributed by atoms with Gasteiger partial charge in [0.15, 0.2) is 5.82 Å². The number of hydrogen-bond donors (Lipinski definition) is 2. The highest BCUT2D eigenvalue weighted by Crippen LogP contribution is 2.34. The Morgan fingerprint density at radius 3 is 3.16 bits per heavy atom. The molecule has 1 aliphatic rings. The lowest BCUT2D eigenvalue weighted by molar-refractivity contribution is 0.0806. The summed E-state index contributed by atoms with van der Waals surface area (Å²) in [5, 5.41) is 11.8. The van der Waals surface area contributed by atoms with Crippen molar-refractivity contribution in [2.75, 3.05) is 18.5 Å². The molecule has 25 heavy (non-hydrogen) atoms. The molecule has 1 aromatic carbocycles. The molecular weight excluding hydrogens is 316 g/mol. The Bertz CT molecular complexity index is 1030. The van der Waals surface area contributed by atoms with Crippen LogP contribution in [-0.4, -0.2) is 28.4 Å². The third-order valence-electron chi connectivity index (χ3n) is 4.79. The molecule has 3 aromatic heterocycles. The van der Waals surface area contributed by atoms with Gasteiger partial charge in [-0.2, -0.15) is 5.10 Å².